The summed E-state index contributed by atoms with van der Waals surface area (Å²) in [5, 5.41) is 1.81. The molecule has 170 valence electrons. The van der Waals surface area contributed by atoms with E-state index in [1.807, 2.05) is 5.32 Å². The van der Waals surface area contributed by atoms with E-state index in [1.54, 1.807) is 4.72 Å². The molecule has 0 atom stereocenters. The molecule has 0 radical (unpaired) electrons. The normalized spacial score (nSPS) is 11.4. The van der Waals surface area contributed by atoms with Gasteiger partial charge in [-0.1, -0.05) is 6.07 Å². The van der Waals surface area contributed by atoms with E-state index >= 15 is 0 Å². The van der Waals surface area contributed by atoms with Crippen molar-refractivity contribution in [3.05, 3.63) is 72.2 Å². The summed E-state index contributed by atoms with van der Waals surface area (Å²) < 4.78 is 87.9. The van der Waals surface area contributed by atoms with Crippen molar-refractivity contribution in [3.8, 4) is 5.75 Å². The van der Waals surface area contributed by atoms with Crippen molar-refractivity contribution in [3.63, 3.8) is 0 Å². The number of imidazole rings is 1. The highest BCUT2D eigenvalue weighted by molar-refractivity contribution is 7.92. The highest BCUT2D eigenvalue weighted by Crippen LogP contribution is 2.29. The summed E-state index contributed by atoms with van der Waals surface area (Å²) in [6.07, 6.45) is 1.18. The van der Waals surface area contributed by atoms with E-state index in [-0.39, 0.29) is 5.75 Å². The lowest BCUT2D eigenvalue weighted by molar-refractivity contribution is 0.215. The topological polar surface area (TPSA) is 126 Å². The molecule has 0 spiro atoms. The second-order valence-electron chi connectivity index (χ2n) is 6.40. The van der Waals surface area contributed by atoms with Crippen molar-refractivity contribution in [2.45, 2.75) is 4.90 Å². The van der Waals surface area contributed by atoms with Gasteiger partial charge in [0.2, 0.25) is 0 Å². The molecular weight excluding hydrogens is 470 g/mol. The Hall–Kier alpha value is -4.20. The number of nitrogens with one attached hydrogen (secondary N) is 3. The summed E-state index contributed by atoms with van der Waals surface area (Å²) in [4.78, 5) is 21.3. The van der Waals surface area contributed by atoms with Gasteiger partial charge in [-0.2, -0.15) is 0 Å². The van der Waals surface area contributed by atoms with Gasteiger partial charge in [-0.3, -0.25) is 10.0 Å². The van der Waals surface area contributed by atoms with Gasteiger partial charge in [0.25, 0.3) is 10.0 Å². The van der Waals surface area contributed by atoms with Crippen molar-refractivity contribution in [2.24, 2.45) is 0 Å². The first-order valence-corrected chi connectivity index (χ1v) is 10.4. The maximum atomic E-state index is 14.8. The van der Waals surface area contributed by atoms with Gasteiger partial charge in [0.15, 0.2) is 22.1 Å². The molecule has 9 nitrogen and oxygen atoms in total. The highest BCUT2D eigenvalue weighted by Gasteiger charge is 2.26. The van der Waals surface area contributed by atoms with Crippen LogP contribution in [0.4, 0.5) is 33.7 Å². The first-order chi connectivity index (χ1) is 15.7. The van der Waals surface area contributed by atoms with Crippen molar-refractivity contribution in [2.75, 3.05) is 10.0 Å². The smallest absolute Gasteiger partial charge is 0.408 e. The van der Waals surface area contributed by atoms with Crippen LogP contribution < -0.4 is 14.8 Å². The zero-order valence-electron chi connectivity index (χ0n) is 16.1. The molecule has 4 aromatic rings. The lowest BCUT2D eigenvalue weighted by atomic mass is 10.2. The number of fused-ring (bicyclic) bond motifs is 1. The predicted molar refractivity (Wildman–Crippen MR) is 107 cm³/mol. The Balaban J connectivity index is 1.58. The minimum absolute atomic E-state index is 0.0974. The Morgan fingerprint density at radius 3 is 2.45 bits per heavy atom. The summed E-state index contributed by atoms with van der Waals surface area (Å²) in [5.74, 6) is -5.78. The fraction of sp³-hybridized carbons (Fsp3) is 0. The van der Waals surface area contributed by atoms with E-state index in [9.17, 15) is 30.8 Å². The Morgan fingerprint density at radius 1 is 1.00 bits per heavy atom. The molecular formula is C19H11F4N5O4S. The number of carbonyl (C=O) groups is 1. The van der Waals surface area contributed by atoms with E-state index in [4.69, 9.17) is 4.74 Å². The third kappa shape index (κ3) is 4.41. The monoisotopic (exact) mass is 481 g/mol. The van der Waals surface area contributed by atoms with Gasteiger partial charge in [0.1, 0.15) is 28.7 Å². The van der Waals surface area contributed by atoms with Crippen molar-refractivity contribution in [1.82, 2.24) is 15.0 Å². The SMILES string of the molecule is O=C(Nc1c(F)ccc(NS(=O)(=O)c2c(F)cccc2F)c1F)Oc1cnc2[nH]cnc2c1. The molecule has 2 aromatic heterocycles. The van der Waals surface area contributed by atoms with Gasteiger partial charge in [-0.05, 0) is 24.3 Å². The molecule has 33 heavy (non-hydrogen) atoms. The first kappa shape index (κ1) is 22.0. The number of hydrogen-bond acceptors (Lipinski definition) is 6. The van der Waals surface area contributed by atoms with E-state index in [2.05, 4.69) is 15.0 Å². The standard InChI is InChI=1S/C19H11F4N5O4S/c20-10-4-5-13(28-33(30,31)17-11(21)2-1-3-12(17)22)15(23)16(10)27-19(29)32-9-6-14-18(24-7-9)26-8-25-14/h1-8,28H,(H,27,29)(H,24,25,26). The predicted octanol–water partition coefficient (Wildman–Crippen LogP) is 3.93. The number of H-pyrrole nitrogens is 1. The van der Waals surface area contributed by atoms with E-state index in [0.717, 1.165) is 12.3 Å². The number of nitrogens with zero attached hydrogens (tertiary/aromatic N) is 2. The quantitative estimate of drug-likeness (QED) is 0.371. The Bertz CT molecular complexity index is 1470. The maximum absolute atomic E-state index is 14.8. The Morgan fingerprint density at radius 2 is 1.73 bits per heavy atom. The summed E-state index contributed by atoms with van der Waals surface area (Å²) in [7, 11) is -4.94. The number of rotatable bonds is 5. The molecule has 1 amide bonds. The fourth-order valence-corrected chi connectivity index (χ4v) is 3.98. The van der Waals surface area contributed by atoms with Crippen LogP contribution in [0.25, 0.3) is 11.2 Å². The molecule has 0 unspecified atom stereocenters. The molecule has 0 saturated heterocycles. The number of ether oxygens (including phenoxy) is 1. The summed E-state index contributed by atoms with van der Waals surface area (Å²) in [5.41, 5.74) is -1.18. The van der Waals surface area contributed by atoms with Crippen LogP contribution in [-0.2, 0) is 10.0 Å². The van der Waals surface area contributed by atoms with Crippen molar-refractivity contribution < 1.29 is 35.5 Å². The lowest BCUT2D eigenvalue weighted by Gasteiger charge is -2.13. The minimum atomic E-state index is -4.94. The van der Waals surface area contributed by atoms with Gasteiger partial charge in [0.05, 0.1) is 18.2 Å². The Labute approximate surface area is 182 Å². The second kappa shape index (κ2) is 8.38. The fourth-order valence-electron chi connectivity index (χ4n) is 2.78. The number of benzene rings is 2. The maximum Gasteiger partial charge on any atom is 0.417 e. The van der Waals surface area contributed by atoms with Crippen LogP contribution in [-0.4, -0.2) is 29.5 Å². The summed E-state index contributed by atoms with van der Waals surface area (Å²) in [6, 6.07) is 4.96. The number of aromatic amines is 1. The van der Waals surface area contributed by atoms with E-state index < -0.39 is 55.7 Å². The molecule has 4 rings (SSSR count). The first-order valence-electron chi connectivity index (χ1n) is 8.88. The van der Waals surface area contributed by atoms with Crippen molar-refractivity contribution >= 4 is 38.7 Å². The zero-order valence-corrected chi connectivity index (χ0v) is 16.9. The van der Waals surface area contributed by atoms with Crippen LogP contribution in [0.3, 0.4) is 0 Å². The molecule has 2 heterocycles. The molecule has 0 bridgehead atoms. The zero-order chi connectivity index (χ0) is 23.8. The number of aromatic nitrogens is 3. The molecule has 0 aliphatic rings. The third-order valence-electron chi connectivity index (χ3n) is 4.21. The second-order valence-corrected chi connectivity index (χ2v) is 8.02. The van der Waals surface area contributed by atoms with Gasteiger partial charge in [-0.25, -0.2) is 40.7 Å². The molecule has 0 aliphatic heterocycles. The molecule has 3 N–H and O–H groups in total. The van der Waals surface area contributed by atoms with E-state index in [0.29, 0.717) is 35.4 Å². The van der Waals surface area contributed by atoms with Gasteiger partial charge in [-0.15, -0.1) is 0 Å². The van der Waals surface area contributed by atoms with Crippen LogP contribution >= 0.6 is 0 Å². The molecule has 2 aromatic carbocycles. The van der Waals surface area contributed by atoms with Gasteiger partial charge >= 0.3 is 6.09 Å². The minimum Gasteiger partial charge on any atom is -0.408 e. The molecule has 0 aliphatic carbocycles. The largest absolute Gasteiger partial charge is 0.417 e. The summed E-state index contributed by atoms with van der Waals surface area (Å²) in [6.45, 7) is 0. The number of carbonyl (C=O) groups excluding carboxylic acids is 1. The molecule has 0 fully saturated rings. The lowest BCUT2D eigenvalue weighted by Crippen LogP contribution is -2.21. The van der Waals surface area contributed by atoms with Crippen LogP contribution in [0.15, 0.2) is 53.8 Å². The number of hydrogen-bond donors (Lipinski definition) is 3. The number of amides is 1. The third-order valence-corrected chi connectivity index (χ3v) is 5.62. The Kier molecular flexibility index (Phi) is 5.59. The number of anilines is 2. The molecule has 0 saturated carbocycles. The number of sulfonamides is 1. The van der Waals surface area contributed by atoms with Crippen molar-refractivity contribution in [1.29, 1.82) is 0 Å². The summed E-state index contributed by atoms with van der Waals surface area (Å²) >= 11 is 0. The molecule has 14 heteroatoms. The average molecular weight is 481 g/mol. The van der Waals surface area contributed by atoms with Gasteiger partial charge in [0, 0.05) is 6.07 Å². The highest BCUT2D eigenvalue weighted by atomic mass is 32.2. The average Bonchev–Trinajstić information content (AvgIpc) is 3.21. The van der Waals surface area contributed by atoms with Crippen LogP contribution in [0.1, 0.15) is 0 Å². The van der Waals surface area contributed by atoms with E-state index in [1.165, 1.54) is 12.4 Å². The van der Waals surface area contributed by atoms with Gasteiger partial charge < -0.3 is 9.72 Å². The number of pyridine rings is 1. The van der Waals surface area contributed by atoms with Crippen LogP contribution in [0.2, 0.25) is 0 Å². The van der Waals surface area contributed by atoms with Crippen LogP contribution in [0.5, 0.6) is 5.75 Å². The number of halogens is 4. The van der Waals surface area contributed by atoms with Crippen LogP contribution in [0, 0.1) is 23.3 Å².